The molecule has 0 radical (unpaired) electrons. The summed E-state index contributed by atoms with van der Waals surface area (Å²) in [5.41, 5.74) is 2.11. The molecule has 0 aliphatic rings. The van der Waals surface area contributed by atoms with E-state index in [0.717, 1.165) is 16.2 Å². The molecule has 98 valence electrons. The molecule has 0 fully saturated rings. The predicted molar refractivity (Wildman–Crippen MR) is 77.6 cm³/mol. The van der Waals surface area contributed by atoms with Gasteiger partial charge in [-0.15, -0.1) is 11.3 Å². The zero-order valence-electron chi connectivity index (χ0n) is 10.7. The van der Waals surface area contributed by atoms with Crippen molar-refractivity contribution in [3.8, 4) is 0 Å². The Kier molecular flexibility index (Phi) is 3.36. The first-order chi connectivity index (χ1) is 9.24. The summed E-state index contributed by atoms with van der Waals surface area (Å²) in [5, 5.41) is 12.4. The van der Waals surface area contributed by atoms with E-state index in [0.29, 0.717) is 6.42 Å². The predicted octanol–water partition coefficient (Wildman–Crippen LogP) is 3.10. The zero-order valence-corrected chi connectivity index (χ0v) is 11.5. The molecule has 0 saturated heterocycles. The number of nitrogens with zero attached hydrogens (tertiary/aromatic N) is 2. The Balaban J connectivity index is 1.74. The van der Waals surface area contributed by atoms with E-state index < -0.39 is 6.10 Å². The molecule has 3 aromatic rings. The third kappa shape index (κ3) is 2.55. The van der Waals surface area contributed by atoms with E-state index in [4.69, 9.17) is 0 Å². The summed E-state index contributed by atoms with van der Waals surface area (Å²) >= 11 is 1.61. The normalized spacial score (nSPS) is 14.6. The van der Waals surface area contributed by atoms with Crippen molar-refractivity contribution in [1.29, 1.82) is 0 Å². The fourth-order valence-electron chi connectivity index (χ4n) is 2.24. The number of aromatic nitrogens is 2. The molecule has 1 aromatic carbocycles. The van der Waals surface area contributed by atoms with Gasteiger partial charge in [-0.25, -0.2) is 4.98 Å². The summed E-state index contributed by atoms with van der Waals surface area (Å²) in [7, 11) is 0. The van der Waals surface area contributed by atoms with Crippen molar-refractivity contribution in [2.24, 2.45) is 0 Å². The van der Waals surface area contributed by atoms with Gasteiger partial charge in [0.15, 0.2) is 4.96 Å². The van der Waals surface area contributed by atoms with E-state index in [1.165, 1.54) is 0 Å². The van der Waals surface area contributed by atoms with Crippen molar-refractivity contribution >= 4 is 16.3 Å². The summed E-state index contributed by atoms with van der Waals surface area (Å²) < 4.78 is 2.00. The highest BCUT2D eigenvalue weighted by Crippen LogP contribution is 2.22. The maximum atomic E-state index is 10.3. The van der Waals surface area contributed by atoms with Crippen LogP contribution in [0.3, 0.4) is 0 Å². The van der Waals surface area contributed by atoms with Gasteiger partial charge in [0.1, 0.15) is 0 Å². The Morgan fingerprint density at radius 3 is 2.84 bits per heavy atom. The molecule has 3 rings (SSSR count). The van der Waals surface area contributed by atoms with Crippen LogP contribution in [-0.2, 0) is 6.42 Å². The molecule has 4 heteroatoms. The lowest BCUT2D eigenvalue weighted by Gasteiger charge is -2.18. The van der Waals surface area contributed by atoms with Gasteiger partial charge in [0.05, 0.1) is 11.8 Å². The summed E-state index contributed by atoms with van der Waals surface area (Å²) in [6, 6.07) is 10.1. The first-order valence-corrected chi connectivity index (χ1v) is 7.26. The maximum absolute atomic E-state index is 10.3. The Hall–Kier alpha value is -1.65. The fourth-order valence-corrected chi connectivity index (χ4v) is 2.96. The minimum absolute atomic E-state index is 0.112. The average molecular weight is 272 g/mol. The van der Waals surface area contributed by atoms with E-state index in [-0.39, 0.29) is 5.92 Å². The number of aliphatic hydroxyl groups excluding tert-OH is 1. The molecule has 0 amide bonds. The van der Waals surface area contributed by atoms with Crippen molar-refractivity contribution in [3.05, 3.63) is 59.4 Å². The second kappa shape index (κ2) is 5.15. The van der Waals surface area contributed by atoms with Gasteiger partial charge in [0, 0.05) is 30.1 Å². The van der Waals surface area contributed by atoms with E-state index in [1.54, 1.807) is 11.3 Å². The van der Waals surface area contributed by atoms with Crippen molar-refractivity contribution in [2.45, 2.75) is 25.4 Å². The molecular weight excluding hydrogens is 256 g/mol. The molecule has 19 heavy (non-hydrogen) atoms. The van der Waals surface area contributed by atoms with E-state index in [9.17, 15) is 5.11 Å². The van der Waals surface area contributed by atoms with Crippen LogP contribution in [0.5, 0.6) is 0 Å². The summed E-state index contributed by atoms with van der Waals surface area (Å²) in [5.74, 6) is 0.112. The second-order valence-corrected chi connectivity index (χ2v) is 5.67. The lowest BCUT2D eigenvalue weighted by Crippen LogP contribution is -2.18. The molecule has 0 aliphatic carbocycles. The van der Waals surface area contributed by atoms with E-state index in [2.05, 4.69) is 24.0 Å². The molecule has 0 saturated carbocycles. The van der Waals surface area contributed by atoms with Crippen LogP contribution in [0.1, 0.15) is 24.1 Å². The smallest absolute Gasteiger partial charge is 0.193 e. The number of hydrogen-bond donors (Lipinski definition) is 1. The van der Waals surface area contributed by atoms with Gasteiger partial charge in [-0.1, -0.05) is 37.3 Å². The molecule has 0 bridgehead atoms. The zero-order chi connectivity index (χ0) is 13.2. The number of fused-ring (bicyclic) bond motifs is 1. The van der Waals surface area contributed by atoms with Gasteiger partial charge in [-0.05, 0) is 5.56 Å². The van der Waals surface area contributed by atoms with Gasteiger partial charge in [-0.2, -0.15) is 0 Å². The standard InChI is InChI=1S/C15H16N2OS/c1-11(12-5-3-2-4-6-12)14(18)9-13-10-17-7-8-19-15(17)16-13/h2-8,10-11,14,18H,9H2,1H3. The van der Waals surface area contributed by atoms with Gasteiger partial charge in [0.25, 0.3) is 0 Å². The first-order valence-electron chi connectivity index (χ1n) is 6.38. The molecule has 2 atom stereocenters. The van der Waals surface area contributed by atoms with Crippen LogP contribution in [0.25, 0.3) is 4.96 Å². The third-order valence-electron chi connectivity index (χ3n) is 3.46. The van der Waals surface area contributed by atoms with Crippen molar-refractivity contribution in [1.82, 2.24) is 9.38 Å². The number of aliphatic hydroxyl groups is 1. The molecule has 2 aromatic heterocycles. The number of benzene rings is 1. The largest absolute Gasteiger partial charge is 0.392 e. The van der Waals surface area contributed by atoms with E-state index in [1.807, 2.05) is 40.4 Å². The maximum Gasteiger partial charge on any atom is 0.193 e. The van der Waals surface area contributed by atoms with Gasteiger partial charge >= 0.3 is 0 Å². The topological polar surface area (TPSA) is 37.5 Å². The molecule has 2 heterocycles. The first kappa shape index (κ1) is 12.4. The lowest BCUT2D eigenvalue weighted by molar-refractivity contribution is 0.148. The average Bonchev–Trinajstić information content (AvgIpc) is 2.99. The number of rotatable bonds is 4. The van der Waals surface area contributed by atoms with Crippen LogP contribution in [0.15, 0.2) is 48.1 Å². The highest BCUT2D eigenvalue weighted by atomic mass is 32.1. The van der Waals surface area contributed by atoms with Crippen molar-refractivity contribution in [2.75, 3.05) is 0 Å². The van der Waals surface area contributed by atoms with Crippen LogP contribution in [0.4, 0.5) is 0 Å². The van der Waals surface area contributed by atoms with Gasteiger partial charge < -0.3 is 5.11 Å². The van der Waals surface area contributed by atoms with Gasteiger partial charge in [-0.3, -0.25) is 4.40 Å². The lowest BCUT2D eigenvalue weighted by atomic mass is 9.93. The van der Waals surface area contributed by atoms with Crippen molar-refractivity contribution in [3.63, 3.8) is 0 Å². The molecule has 0 spiro atoms. The Morgan fingerprint density at radius 2 is 2.11 bits per heavy atom. The van der Waals surface area contributed by atoms with E-state index >= 15 is 0 Å². The van der Waals surface area contributed by atoms with Gasteiger partial charge in [0.2, 0.25) is 0 Å². The molecular formula is C15H16N2OS. The molecule has 2 unspecified atom stereocenters. The van der Waals surface area contributed by atoms with Crippen LogP contribution in [0.2, 0.25) is 0 Å². The molecule has 3 nitrogen and oxygen atoms in total. The van der Waals surface area contributed by atoms with Crippen molar-refractivity contribution < 1.29 is 5.11 Å². The number of imidazole rings is 1. The minimum Gasteiger partial charge on any atom is -0.392 e. The molecule has 1 N–H and O–H groups in total. The monoisotopic (exact) mass is 272 g/mol. The van der Waals surface area contributed by atoms with Crippen LogP contribution in [0, 0.1) is 0 Å². The Labute approximate surface area is 116 Å². The number of thiazole rings is 1. The fraction of sp³-hybridized carbons (Fsp3) is 0.267. The second-order valence-electron chi connectivity index (χ2n) is 4.80. The Morgan fingerprint density at radius 1 is 1.32 bits per heavy atom. The number of hydrogen-bond acceptors (Lipinski definition) is 3. The third-order valence-corrected chi connectivity index (χ3v) is 4.23. The highest BCUT2D eigenvalue weighted by molar-refractivity contribution is 7.15. The minimum atomic E-state index is -0.410. The van der Waals surface area contributed by atoms with Crippen LogP contribution in [-0.4, -0.2) is 20.6 Å². The SMILES string of the molecule is CC(c1ccccc1)C(O)Cc1cn2ccsc2n1. The quantitative estimate of drug-likeness (QED) is 0.792. The Bertz CT molecular complexity index is 630. The molecule has 0 aliphatic heterocycles. The summed E-state index contributed by atoms with van der Waals surface area (Å²) in [4.78, 5) is 5.49. The van der Waals surface area contributed by atoms with Crippen LogP contribution >= 0.6 is 11.3 Å². The highest BCUT2D eigenvalue weighted by Gasteiger charge is 2.18. The van der Waals surface area contributed by atoms with Crippen LogP contribution < -0.4 is 0 Å². The summed E-state index contributed by atoms with van der Waals surface area (Å²) in [6.07, 6.45) is 4.16. The summed E-state index contributed by atoms with van der Waals surface area (Å²) in [6.45, 7) is 2.05.